The first-order valence-corrected chi connectivity index (χ1v) is 10.7. The van der Waals surface area contributed by atoms with Crippen LogP contribution in [0.25, 0.3) is 5.69 Å². The number of carbonyl (C=O) groups excluding carboxylic acids is 2. The summed E-state index contributed by atoms with van der Waals surface area (Å²) in [6, 6.07) is 19.6. The molecule has 1 heterocycles. The Labute approximate surface area is 193 Å². The number of rotatable bonds is 6. The van der Waals surface area contributed by atoms with Gasteiger partial charge >= 0.3 is 6.03 Å². The molecule has 0 saturated carbocycles. The highest BCUT2D eigenvalue weighted by Gasteiger charge is 2.22. The van der Waals surface area contributed by atoms with E-state index in [1.165, 1.54) is 4.90 Å². The molecule has 0 atom stereocenters. The number of nitrogens with one attached hydrogen (secondary N) is 2. The molecular weight excluding hydrogens is 416 g/mol. The van der Waals surface area contributed by atoms with Gasteiger partial charge in [-0.05, 0) is 43.3 Å². The van der Waals surface area contributed by atoms with Crippen LogP contribution in [-0.4, -0.2) is 39.7 Å². The monoisotopic (exact) mass is 444 g/mol. The van der Waals surface area contributed by atoms with E-state index in [-0.39, 0.29) is 17.9 Å². The number of urea groups is 1. The normalized spacial score (nSPS) is 10.9. The van der Waals surface area contributed by atoms with Crippen LogP contribution < -0.4 is 10.6 Å². The molecule has 0 aliphatic heterocycles. The number of nitriles is 1. The molecule has 170 valence electrons. The minimum Gasteiger partial charge on any atom is -0.315 e. The van der Waals surface area contributed by atoms with Crippen molar-refractivity contribution in [2.45, 2.75) is 33.1 Å². The molecule has 0 fully saturated rings. The highest BCUT2D eigenvalue weighted by atomic mass is 16.2. The fourth-order valence-electron chi connectivity index (χ4n) is 3.12. The summed E-state index contributed by atoms with van der Waals surface area (Å²) in [5.74, 6) is 0.212. The van der Waals surface area contributed by atoms with Gasteiger partial charge < -0.3 is 15.5 Å². The highest BCUT2D eigenvalue weighted by molar-refractivity contribution is 5.96. The molecule has 33 heavy (non-hydrogen) atoms. The van der Waals surface area contributed by atoms with E-state index < -0.39 is 6.03 Å². The maximum atomic E-state index is 12.9. The van der Waals surface area contributed by atoms with Crippen molar-refractivity contribution in [2.75, 3.05) is 23.7 Å². The lowest BCUT2D eigenvalue weighted by Crippen LogP contribution is -2.40. The van der Waals surface area contributed by atoms with Crippen LogP contribution in [0.3, 0.4) is 0 Å². The molecule has 8 heteroatoms. The number of carbonyl (C=O) groups is 2. The highest BCUT2D eigenvalue weighted by Crippen LogP contribution is 2.26. The number of anilines is 2. The van der Waals surface area contributed by atoms with Crippen molar-refractivity contribution in [3.63, 3.8) is 0 Å². The SMILES string of the molecule is CCN(CC(=O)Nc1cc(C(C)(C)C)nn1-c1ccccc1)C(=O)Nc1ccc(C#N)cc1. The number of nitrogens with zero attached hydrogens (tertiary/aromatic N) is 4. The average molecular weight is 445 g/mol. The molecule has 0 spiro atoms. The lowest BCUT2D eigenvalue weighted by atomic mass is 9.92. The second-order valence-electron chi connectivity index (χ2n) is 8.59. The lowest BCUT2D eigenvalue weighted by Gasteiger charge is -2.21. The van der Waals surface area contributed by atoms with Gasteiger partial charge in [0.15, 0.2) is 0 Å². The Morgan fingerprint density at radius 1 is 1.06 bits per heavy atom. The Balaban J connectivity index is 1.73. The van der Waals surface area contributed by atoms with Crippen LogP contribution in [0.15, 0.2) is 60.7 Å². The van der Waals surface area contributed by atoms with Crippen LogP contribution in [0.2, 0.25) is 0 Å². The van der Waals surface area contributed by atoms with E-state index in [0.29, 0.717) is 23.6 Å². The van der Waals surface area contributed by atoms with Crippen molar-refractivity contribution in [1.82, 2.24) is 14.7 Å². The Morgan fingerprint density at radius 3 is 2.30 bits per heavy atom. The number of likely N-dealkylation sites (N-methyl/N-ethyl adjacent to an activating group) is 1. The van der Waals surface area contributed by atoms with Crippen molar-refractivity contribution in [3.8, 4) is 11.8 Å². The van der Waals surface area contributed by atoms with Gasteiger partial charge in [-0.1, -0.05) is 39.0 Å². The molecule has 0 aliphatic rings. The number of para-hydroxylation sites is 1. The van der Waals surface area contributed by atoms with E-state index in [1.54, 1.807) is 35.9 Å². The van der Waals surface area contributed by atoms with Gasteiger partial charge in [-0.25, -0.2) is 9.48 Å². The molecule has 0 aliphatic carbocycles. The van der Waals surface area contributed by atoms with E-state index in [2.05, 4.69) is 31.4 Å². The number of hydrogen-bond donors (Lipinski definition) is 2. The predicted molar refractivity (Wildman–Crippen MR) is 128 cm³/mol. The number of amides is 3. The fraction of sp³-hybridized carbons (Fsp3) is 0.280. The van der Waals surface area contributed by atoms with Gasteiger partial charge in [0.2, 0.25) is 5.91 Å². The topological polar surface area (TPSA) is 103 Å². The molecular formula is C25H28N6O2. The molecule has 0 bridgehead atoms. The van der Waals surface area contributed by atoms with E-state index in [9.17, 15) is 9.59 Å². The predicted octanol–water partition coefficient (Wildman–Crippen LogP) is 4.53. The maximum absolute atomic E-state index is 12.9. The summed E-state index contributed by atoms with van der Waals surface area (Å²) in [5, 5.41) is 19.3. The zero-order valence-corrected chi connectivity index (χ0v) is 19.3. The molecule has 1 aromatic heterocycles. The summed E-state index contributed by atoms with van der Waals surface area (Å²) < 4.78 is 1.70. The molecule has 8 nitrogen and oxygen atoms in total. The zero-order chi connectivity index (χ0) is 24.0. The van der Waals surface area contributed by atoms with E-state index in [4.69, 9.17) is 10.4 Å². The Morgan fingerprint density at radius 2 is 1.73 bits per heavy atom. The third-order valence-electron chi connectivity index (χ3n) is 5.01. The first-order valence-electron chi connectivity index (χ1n) is 10.7. The van der Waals surface area contributed by atoms with Crippen LogP contribution in [0.5, 0.6) is 0 Å². The summed E-state index contributed by atoms with van der Waals surface area (Å²) in [5.41, 5.74) is 2.52. The van der Waals surface area contributed by atoms with Crippen molar-refractivity contribution < 1.29 is 9.59 Å². The summed E-state index contributed by atoms with van der Waals surface area (Å²) in [6.07, 6.45) is 0. The zero-order valence-electron chi connectivity index (χ0n) is 19.3. The van der Waals surface area contributed by atoms with E-state index in [1.807, 2.05) is 42.5 Å². The minimum atomic E-state index is -0.399. The quantitative estimate of drug-likeness (QED) is 0.583. The summed E-state index contributed by atoms with van der Waals surface area (Å²) in [6.45, 7) is 8.20. The van der Waals surface area contributed by atoms with Gasteiger partial charge in [-0.15, -0.1) is 0 Å². The van der Waals surface area contributed by atoms with Gasteiger partial charge in [-0.3, -0.25) is 4.79 Å². The van der Waals surface area contributed by atoms with Gasteiger partial charge in [-0.2, -0.15) is 10.4 Å². The van der Waals surface area contributed by atoms with E-state index in [0.717, 1.165) is 11.4 Å². The molecule has 3 amide bonds. The summed E-state index contributed by atoms with van der Waals surface area (Å²) in [7, 11) is 0. The van der Waals surface area contributed by atoms with Gasteiger partial charge in [0.05, 0.1) is 23.0 Å². The standard InChI is InChI=1S/C25H28N6O2/c1-5-30(24(33)27-19-13-11-18(16-26)12-14-19)17-23(32)28-22-15-21(25(2,3)4)29-31(22)20-9-7-6-8-10-20/h6-15H,5,17H2,1-4H3,(H,27,33)(H,28,32). The van der Waals surface area contributed by atoms with Crippen molar-refractivity contribution in [1.29, 1.82) is 5.26 Å². The van der Waals surface area contributed by atoms with Gasteiger partial charge in [0, 0.05) is 23.7 Å². The van der Waals surface area contributed by atoms with Crippen LogP contribution in [0, 0.1) is 11.3 Å². The van der Waals surface area contributed by atoms with E-state index >= 15 is 0 Å². The van der Waals surface area contributed by atoms with Crippen molar-refractivity contribution in [3.05, 3.63) is 71.9 Å². The number of benzene rings is 2. The van der Waals surface area contributed by atoms with Crippen LogP contribution in [0.4, 0.5) is 16.3 Å². The molecule has 0 unspecified atom stereocenters. The second kappa shape index (κ2) is 10.0. The molecule has 0 radical (unpaired) electrons. The average Bonchev–Trinajstić information content (AvgIpc) is 3.22. The maximum Gasteiger partial charge on any atom is 0.322 e. The lowest BCUT2D eigenvalue weighted by molar-refractivity contribution is -0.116. The third kappa shape index (κ3) is 5.98. The minimum absolute atomic E-state index is 0.122. The van der Waals surface area contributed by atoms with Crippen LogP contribution in [-0.2, 0) is 10.2 Å². The van der Waals surface area contributed by atoms with Crippen LogP contribution in [0.1, 0.15) is 39.0 Å². The molecule has 3 aromatic rings. The molecule has 3 rings (SSSR count). The van der Waals surface area contributed by atoms with Crippen molar-refractivity contribution in [2.24, 2.45) is 0 Å². The Kier molecular flexibility index (Phi) is 7.13. The van der Waals surface area contributed by atoms with Gasteiger partial charge in [0.25, 0.3) is 0 Å². The summed E-state index contributed by atoms with van der Waals surface area (Å²) >= 11 is 0. The second-order valence-corrected chi connectivity index (χ2v) is 8.59. The molecule has 0 saturated heterocycles. The number of aromatic nitrogens is 2. The van der Waals surface area contributed by atoms with Crippen LogP contribution >= 0.6 is 0 Å². The smallest absolute Gasteiger partial charge is 0.315 e. The first kappa shape index (κ1) is 23.5. The largest absolute Gasteiger partial charge is 0.322 e. The molecule has 2 aromatic carbocycles. The number of hydrogen-bond acceptors (Lipinski definition) is 4. The first-order chi connectivity index (χ1) is 15.7. The summed E-state index contributed by atoms with van der Waals surface area (Å²) in [4.78, 5) is 26.9. The third-order valence-corrected chi connectivity index (χ3v) is 5.01. The molecule has 2 N–H and O–H groups in total. The fourth-order valence-corrected chi connectivity index (χ4v) is 3.12. The van der Waals surface area contributed by atoms with Gasteiger partial charge in [0.1, 0.15) is 12.4 Å². The Bertz CT molecular complexity index is 1150. The Hall–Kier alpha value is -4.12. The van der Waals surface area contributed by atoms with Crippen molar-refractivity contribution >= 4 is 23.4 Å².